The number of benzene rings is 2. The normalized spacial score (nSPS) is 19.4. The number of hydrogen-bond acceptors (Lipinski definition) is 5. The number of amides is 1. The summed E-state index contributed by atoms with van der Waals surface area (Å²) in [6.07, 6.45) is -3.82. The van der Waals surface area contributed by atoms with E-state index in [0.29, 0.717) is 22.1 Å². The Kier molecular flexibility index (Phi) is 7.36. The number of rotatable bonds is 5. The zero-order valence-corrected chi connectivity index (χ0v) is 26.5. The molecule has 4 heterocycles. The number of pyridine rings is 1. The molecule has 4 aromatic rings. The van der Waals surface area contributed by atoms with E-state index >= 15 is 0 Å². The van der Waals surface area contributed by atoms with Gasteiger partial charge in [-0.05, 0) is 93.2 Å². The van der Waals surface area contributed by atoms with Crippen LogP contribution in [-0.4, -0.2) is 34.3 Å². The van der Waals surface area contributed by atoms with E-state index in [1.54, 1.807) is 35.7 Å². The molecule has 1 amide bonds. The van der Waals surface area contributed by atoms with Crippen molar-refractivity contribution in [1.29, 1.82) is 0 Å². The molecule has 1 atom stereocenters. The van der Waals surface area contributed by atoms with Crippen molar-refractivity contribution < 1.29 is 32.5 Å². The van der Waals surface area contributed by atoms with Gasteiger partial charge in [-0.3, -0.25) is 4.79 Å². The monoisotopic (exact) mass is 657 g/mol. The molecule has 45 heavy (non-hydrogen) atoms. The molecule has 2 N–H and O–H groups in total. The fourth-order valence-electron chi connectivity index (χ4n) is 6.02. The van der Waals surface area contributed by atoms with Crippen LogP contribution in [0.4, 0.5) is 13.2 Å². The van der Waals surface area contributed by atoms with E-state index in [4.69, 9.17) is 32.7 Å². The van der Waals surface area contributed by atoms with Crippen LogP contribution in [0, 0.1) is 6.92 Å². The standard InChI is InChI=1S/C32H29BCl2F3N3O4/c1-17-23(34)14-19(15-24(17)35)31(32(36,37)38)16-25(40-45-31)20-9-11-27(41-12-6-7-26(20)41)28(42)39-29(2,3)18-8-10-21-22(13-18)33(43)44-30(21,4)5/h6-15,43H,16H2,1-5H3,(H,39,42). The van der Waals surface area contributed by atoms with E-state index in [2.05, 4.69) is 10.5 Å². The summed E-state index contributed by atoms with van der Waals surface area (Å²) in [6.45, 7) is 9.04. The molecule has 0 radical (unpaired) electrons. The lowest BCUT2D eigenvalue weighted by Crippen LogP contribution is -2.43. The smallest absolute Gasteiger partial charge is 0.423 e. The van der Waals surface area contributed by atoms with Gasteiger partial charge < -0.3 is 24.2 Å². The summed E-state index contributed by atoms with van der Waals surface area (Å²) in [5.41, 5.74) is -0.667. The van der Waals surface area contributed by atoms with Crippen molar-refractivity contribution >= 4 is 52.9 Å². The summed E-state index contributed by atoms with van der Waals surface area (Å²) >= 11 is 12.4. The lowest BCUT2D eigenvalue weighted by atomic mass is 9.75. The van der Waals surface area contributed by atoms with E-state index in [0.717, 1.165) is 11.1 Å². The Hall–Kier alpha value is -3.51. The SMILES string of the molecule is Cc1c(Cl)cc(C2(C(F)(F)F)CC(c3ccc(C(=O)NC(C)(C)c4ccc5c(c4)B(O)OC5(C)C)n4cccc34)=NO2)cc1Cl. The lowest BCUT2D eigenvalue weighted by molar-refractivity contribution is -0.275. The van der Waals surface area contributed by atoms with Crippen molar-refractivity contribution in [3.63, 3.8) is 0 Å². The Bertz CT molecular complexity index is 1880. The number of nitrogens with one attached hydrogen (secondary N) is 1. The molecular weight excluding hydrogens is 629 g/mol. The zero-order valence-electron chi connectivity index (χ0n) is 25.0. The Morgan fingerprint density at radius 3 is 2.44 bits per heavy atom. The van der Waals surface area contributed by atoms with Gasteiger partial charge in [0.25, 0.3) is 11.5 Å². The van der Waals surface area contributed by atoms with Crippen molar-refractivity contribution in [2.24, 2.45) is 5.16 Å². The van der Waals surface area contributed by atoms with Crippen LogP contribution in [0.1, 0.15) is 72.4 Å². The minimum Gasteiger partial charge on any atom is -0.423 e. The maximum atomic E-state index is 14.6. The predicted molar refractivity (Wildman–Crippen MR) is 167 cm³/mol. The van der Waals surface area contributed by atoms with Crippen molar-refractivity contribution in [2.45, 2.75) is 64.0 Å². The van der Waals surface area contributed by atoms with Crippen LogP contribution in [0.2, 0.25) is 10.0 Å². The Morgan fingerprint density at radius 2 is 1.78 bits per heavy atom. The number of oxime groups is 1. The third kappa shape index (κ3) is 5.10. The van der Waals surface area contributed by atoms with Gasteiger partial charge in [0.1, 0.15) is 5.69 Å². The summed E-state index contributed by atoms with van der Waals surface area (Å²) in [7, 11) is -1.08. The molecule has 1 unspecified atom stereocenters. The van der Waals surface area contributed by atoms with Gasteiger partial charge in [0.05, 0.1) is 28.8 Å². The van der Waals surface area contributed by atoms with Crippen molar-refractivity contribution in [1.82, 2.24) is 9.72 Å². The quantitative estimate of drug-likeness (QED) is 0.233. The van der Waals surface area contributed by atoms with Crippen LogP contribution in [-0.2, 0) is 26.2 Å². The molecule has 0 saturated carbocycles. The van der Waals surface area contributed by atoms with Crippen LogP contribution in [0.15, 0.2) is 65.9 Å². The third-order valence-electron chi connectivity index (χ3n) is 8.69. The molecule has 0 fully saturated rings. The summed E-state index contributed by atoms with van der Waals surface area (Å²) in [5, 5.41) is 17.6. The fourth-order valence-corrected chi connectivity index (χ4v) is 6.51. The molecule has 0 spiro atoms. The maximum absolute atomic E-state index is 14.6. The average Bonchev–Trinajstić information content (AvgIpc) is 3.67. The lowest BCUT2D eigenvalue weighted by Gasteiger charge is -2.30. The molecule has 0 aliphatic carbocycles. The van der Waals surface area contributed by atoms with Gasteiger partial charge in [0.2, 0.25) is 0 Å². The van der Waals surface area contributed by atoms with E-state index in [9.17, 15) is 23.0 Å². The number of hydrogen-bond donors (Lipinski definition) is 2. The Labute approximate surface area is 268 Å². The van der Waals surface area contributed by atoms with Gasteiger partial charge in [0.15, 0.2) is 0 Å². The molecule has 234 valence electrons. The fraction of sp³-hybridized carbons (Fsp3) is 0.312. The Balaban J connectivity index is 1.30. The minimum atomic E-state index is -4.85. The average molecular weight is 658 g/mol. The first-order valence-electron chi connectivity index (χ1n) is 14.2. The highest BCUT2D eigenvalue weighted by Gasteiger charge is 2.62. The molecule has 2 aliphatic heterocycles. The van der Waals surface area contributed by atoms with E-state index in [1.165, 1.54) is 18.2 Å². The topological polar surface area (TPSA) is 84.6 Å². The number of carbonyl (C=O) groups is 1. The van der Waals surface area contributed by atoms with Crippen molar-refractivity contribution in [2.75, 3.05) is 0 Å². The first kappa shape index (κ1) is 31.5. The Morgan fingerprint density at radius 1 is 1.09 bits per heavy atom. The summed E-state index contributed by atoms with van der Waals surface area (Å²) in [6, 6.07) is 14.5. The number of carbonyl (C=O) groups excluding carboxylic acids is 1. The number of fused-ring (bicyclic) bond motifs is 2. The predicted octanol–water partition coefficient (Wildman–Crippen LogP) is 6.75. The van der Waals surface area contributed by atoms with Gasteiger partial charge in [-0.25, -0.2) is 0 Å². The molecular formula is C32H29BCl2F3N3O4. The van der Waals surface area contributed by atoms with Gasteiger partial charge in [-0.1, -0.05) is 46.6 Å². The van der Waals surface area contributed by atoms with E-state index in [1.807, 2.05) is 45.9 Å². The van der Waals surface area contributed by atoms with Crippen LogP contribution in [0.5, 0.6) is 0 Å². The molecule has 2 aromatic heterocycles. The minimum absolute atomic E-state index is 0.0537. The third-order valence-corrected chi connectivity index (χ3v) is 9.47. The van der Waals surface area contributed by atoms with Crippen LogP contribution >= 0.6 is 23.2 Å². The molecule has 0 saturated heterocycles. The van der Waals surface area contributed by atoms with Gasteiger partial charge in [0, 0.05) is 27.4 Å². The molecule has 0 bridgehead atoms. The van der Waals surface area contributed by atoms with E-state index < -0.39 is 42.4 Å². The second kappa shape index (κ2) is 10.5. The highest BCUT2D eigenvalue weighted by molar-refractivity contribution is 6.62. The van der Waals surface area contributed by atoms with Gasteiger partial charge in [-0.2, -0.15) is 13.2 Å². The summed E-state index contributed by atoms with van der Waals surface area (Å²) < 4.78 is 51.2. The van der Waals surface area contributed by atoms with Crippen molar-refractivity contribution in [3.05, 3.63) is 104 Å². The summed E-state index contributed by atoms with van der Waals surface area (Å²) in [4.78, 5) is 18.9. The van der Waals surface area contributed by atoms with Gasteiger partial charge in [-0.15, -0.1) is 0 Å². The highest BCUT2D eigenvalue weighted by atomic mass is 35.5. The molecule has 13 heteroatoms. The largest absolute Gasteiger partial charge is 0.492 e. The zero-order chi connectivity index (χ0) is 32.7. The number of nitrogens with zero attached hydrogens (tertiary/aromatic N) is 2. The highest BCUT2D eigenvalue weighted by Crippen LogP contribution is 2.50. The van der Waals surface area contributed by atoms with E-state index in [-0.39, 0.29) is 27.0 Å². The molecule has 2 aliphatic rings. The second-order valence-corrected chi connectivity index (χ2v) is 13.3. The van der Waals surface area contributed by atoms with Crippen LogP contribution in [0.25, 0.3) is 5.52 Å². The molecule has 6 rings (SSSR count). The van der Waals surface area contributed by atoms with Crippen LogP contribution < -0.4 is 10.8 Å². The van der Waals surface area contributed by atoms with Crippen molar-refractivity contribution in [3.8, 4) is 0 Å². The van der Waals surface area contributed by atoms with Crippen LogP contribution in [0.3, 0.4) is 0 Å². The molecule has 2 aromatic carbocycles. The first-order chi connectivity index (χ1) is 20.9. The number of alkyl halides is 3. The number of aromatic nitrogens is 1. The first-order valence-corrected chi connectivity index (χ1v) is 14.9. The summed E-state index contributed by atoms with van der Waals surface area (Å²) in [5.74, 6) is -0.413. The second-order valence-electron chi connectivity index (χ2n) is 12.5. The number of halogens is 5. The maximum Gasteiger partial charge on any atom is 0.492 e. The van der Waals surface area contributed by atoms with Gasteiger partial charge >= 0.3 is 13.3 Å². The molecule has 7 nitrogen and oxygen atoms in total.